The van der Waals surface area contributed by atoms with E-state index in [1.807, 2.05) is 27.7 Å². The molecule has 1 aliphatic heterocycles. The van der Waals surface area contributed by atoms with Gasteiger partial charge in [-0.2, -0.15) is 0 Å². The summed E-state index contributed by atoms with van der Waals surface area (Å²) in [5.41, 5.74) is 1.39. The fourth-order valence-electron chi connectivity index (χ4n) is 4.16. The number of urea groups is 1. The highest BCUT2D eigenvalue weighted by atomic mass is 35.5. The van der Waals surface area contributed by atoms with Crippen LogP contribution in [0, 0.1) is 5.92 Å². The average molecular weight is 560 g/mol. The topological polar surface area (TPSA) is 97.0 Å². The largest absolute Gasteiger partial charge is 0.496 e. The first-order chi connectivity index (χ1) is 17.9. The Morgan fingerprint density at radius 1 is 1.21 bits per heavy atom. The van der Waals surface area contributed by atoms with Gasteiger partial charge in [-0.1, -0.05) is 42.9 Å². The fraction of sp³-hybridized carbons (Fsp3) is 0.429. The number of amides is 3. The Labute approximate surface area is 234 Å². The van der Waals surface area contributed by atoms with Crippen LogP contribution in [-0.4, -0.2) is 53.6 Å². The molecule has 8 nitrogen and oxygen atoms in total. The number of halogens is 1. The average Bonchev–Trinajstić information content (AvgIpc) is 3.00. The SMILES string of the molecule is CC[C@@H](NC(=O)N1CC(=S)NC[C@@H](Cc2cc(Cl)ccc2OC)C1=O)c1ccc(C(=O)OC(C)(C)C)cc1. The van der Waals surface area contributed by atoms with E-state index < -0.39 is 23.5 Å². The Balaban J connectivity index is 1.75. The van der Waals surface area contributed by atoms with Crippen molar-refractivity contribution in [2.45, 2.75) is 52.2 Å². The van der Waals surface area contributed by atoms with Crippen LogP contribution in [0.15, 0.2) is 42.5 Å². The summed E-state index contributed by atoms with van der Waals surface area (Å²) in [4.78, 5) is 40.8. The molecule has 3 rings (SSSR count). The predicted molar refractivity (Wildman–Crippen MR) is 151 cm³/mol. The van der Waals surface area contributed by atoms with E-state index in [1.165, 1.54) is 0 Å². The molecule has 1 saturated heterocycles. The molecule has 1 heterocycles. The third-order valence-electron chi connectivity index (χ3n) is 6.07. The Morgan fingerprint density at radius 2 is 1.89 bits per heavy atom. The second-order valence-electron chi connectivity index (χ2n) is 10.1. The summed E-state index contributed by atoms with van der Waals surface area (Å²) in [6.45, 7) is 7.63. The Bertz CT molecular complexity index is 1200. The number of esters is 1. The van der Waals surface area contributed by atoms with Crippen molar-refractivity contribution in [1.82, 2.24) is 15.5 Å². The lowest BCUT2D eigenvalue weighted by molar-refractivity contribution is -0.131. The molecule has 0 aliphatic carbocycles. The number of hydrogen-bond donors (Lipinski definition) is 2. The minimum atomic E-state index is -0.597. The van der Waals surface area contributed by atoms with E-state index in [0.717, 1.165) is 16.0 Å². The van der Waals surface area contributed by atoms with Crippen molar-refractivity contribution >= 4 is 46.7 Å². The third kappa shape index (κ3) is 7.68. The van der Waals surface area contributed by atoms with Crippen molar-refractivity contribution in [3.63, 3.8) is 0 Å². The highest BCUT2D eigenvalue weighted by Crippen LogP contribution is 2.27. The third-order valence-corrected chi connectivity index (χ3v) is 6.58. The molecule has 2 N–H and O–H groups in total. The predicted octanol–water partition coefficient (Wildman–Crippen LogP) is 5.08. The molecule has 10 heteroatoms. The van der Waals surface area contributed by atoms with Gasteiger partial charge in [0, 0.05) is 11.6 Å². The molecule has 0 spiro atoms. The monoisotopic (exact) mass is 559 g/mol. The summed E-state index contributed by atoms with van der Waals surface area (Å²) < 4.78 is 10.8. The molecule has 0 aromatic heterocycles. The van der Waals surface area contributed by atoms with Gasteiger partial charge >= 0.3 is 12.0 Å². The van der Waals surface area contributed by atoms with Crippen LogP contribution in [0.5, 0.6) is 5.75 Å². The van der Waals surface area contributed by atoms with Crippen molar-refractivity contribution < 1.29 is 23.9 Å². The number of hydrogen-bond acceptors (Lipinski definition) is 6. The molecule has 204 valence electrons. The van der Waals surface area contributed by atoms with Crippen molar-refractivity contribution in [1.29, 1.82) is 0 Å². The van der Waals surface area contributed by atoms with Crippen molar-refractivity contribution in [3.05, 3.63) is 64.2 Å². The van der Waals surface area contributed by atoms with E-state index in [2.05, 4.69) is 10.6 Å². The standard InChI is InChI=1S/C28H34ClN3O5S/c1-6-22(17-7-9-18(10-8-17)26(34)37-28(2,3)4)31-27(35)32-16-24(38)30-15-20(25(32)33)13-19-14-21(29)11-12-23(19)36-5/h7-12,14,20,22H,6,13,15-16H2,1-5H3,(H,30,38)(H,31,35)/t20-,22-/m1/s1. The molecule has 0 unspecified atom stereocenters. The maximum Gasteiger partial charge on any atom is 0.338 e. The second kappa shape index (κ2) is 12.6. The van der Waals surface area contributed by atoms with Gasteiger partial charge in [0.15, 0.2) is 0 Å². The summed E-state index contributed by atoms with van der Waals surface area (Å²) in [5, 5.41) is 6.57. The maximum atomic E-state index is 13.5. The maximum absolute atomic E-state index is 13.5. The van der Waals surface area contributed by atoms with E-state index in [0.29, 0.717) is 40.7 Å². The molecule has 2 aromatic carbocycles. The quantitative estimate of drug-likeness (QED) is 0.360. The first kappa shape index (κ1) is 29.4. The summed E-state index contributed by atoms with van der Waals surface area (Å²) in [6, 6.07) is 11.2. The van der Waals surface area contributed by atoms with Crippen molar-refractivity contribution in [2.24, 2.45) is 5.92 Å². The number of imide groups is 1. The Hall–Kier alpha value is -3.17. The van der Waals surface area contributed by atoms with Crippen molar-refractivity contribution in [2.75, 3.05) is 20.2 Å². The second-order valence-corrected chi connectivity index (χ2v) is 11.0. The molecule has 0 radical (unpaired) electrons. The summed E-state index contributed by atoms with van der Waals surface area (Å²) >= 11 is 11.5. The molecule has 1 aliphatic rings. The van der Waals surface area contributed by atoms with Gasteiger partial charge in [-0.05, 0) is 75.1 Å². The van der Waals surface area contributed by atoms with E-state index >= 15 is 0 Å². The van der Waals surface area contributed by atoms with Crippen LogP contribution < -0.4 is 15.4 Å². The zero-order valence-corrected chi connectivity index (χ0v) is 23.9. The first-order valence-corrected chi connectivity index (χ1v) is 13.2. The van der Waals surface area contributed by atoms with Crippen LogP contribution in [0.25, 0.3) is 0 Å². The normalized spacial score (nSPS) is 16.8. The van der Waals surface area contributed by atoms with Gasteiger partial charge in [-0.3, -0.25) is 9.69 Å². The van der Waals surface area contributed by atoms with E-state index in [-0.39, 0.29) is 18.5 Å². The van der Waals surface area contributed by atoms with Gasteiger partial charge < -0.3 is 20.1 Å². The van der Waals surface area contributed by atoms with Crippen LogP contribution in [0.2, 0.25) is 5.02 Å². The van der Waals surface area contributed by atoms with Crippen LogP contribution in [-0.2, 0) is 16.0 Å². The van der Waals surface area contributed by atoms with Crippen LogP contribution >= 0.6 is 23.8 Å². The number of benzene rings is 2. The lowest BCUT2D eigenvalue weighted by atomic mass is 9.97. The van der Waals surface area contributed by atoms with Gasteiger partial charge in [0.25, 0.3) is 0 Å². The minimum Gasteiger partial charge on any atom is -0.496 e. The van der Waals surface area contributed by atoms with Crippen LogP contribution in [0.3, 0.4) is 0 Å². The zero-order chi connectivity index (χ0) is 28.0. The smallest absolute Gasteiger partial charge is 0.338 e. The molecule has 3 amide bonds. The molecule has 38 heavy (non-hydrogen) atoms. The number of carbonyl (C=O) groups excluding carboxylic acids is 3. The molecule has 1 fully saturated rings. The van der Waals surface area contributed by atoms with E-state index in [9.17, 15) is 14.4 Å². The first-order valence-electron chi connectivity index (χ1n) is 12.5. The number of thiocarbonyl (C=S) groups is 1. The van der Waals surface area contributed by atoms with E-state index in [1.54, 1.807) is 49.6 Å². The lowest BCUT2D eigenvalue weighted by Gasteiger charge is -2.26. The van der Waals surface area contributed by atoms with Crippen LogP contribution in [0.4, 0.5) is 4.79 Å². The highest BCUT2D eigenvalue weighted by molar-refractivity contribution is 7.80. The molecule has 2 atom stereocenters. The van der Waals surface area contributed by atoms with Gasteiger partial charge in [-0.15, -0.1) is 0 Å². The van der Waals surface area contributed by atoms with Gasteiger partial charge in [-0.25, -0.2) is 9.59 Å². The summed E-state index contributed by atoms with van der Waals surface area (Å²) in [6.07, 6.45) is 0.899. The van der Waals surface area contributed by atoms with Gasteiger partial charge in [0.05, 0.1) is 36.2 Å². The molecule has 0 saturated carbocycles. The highest BCUT2D eigenvalue weighted by Gasteiger charge is 2.34. The number of ether oxygens (including phenoxy) is 2. The minimum absolute atomic E-state index is 0.0167. The number of methoxy groups -OCH3 is 1. The van der Waals surface area contributed by atoms with Gasteiger partial charge in [0.1, 0.15) is 11.4 Å². The molecular formula is C28H34ClN3O5S. The Morgan fingerprint density at radius 3 is 2.50 bits per heavy atom. The van der Waals surface area contributed by atoms with Crippen LogP contribution in [0.1, 0.15) is 61.6 Å². The summed E-state index contributed by atoms with van der Waals surface area (Å²) in [7, 11) is 1.56. The summed E-state index contributed by atoms with van der Waals surface area (Å²) in [5.74, 6) is -0.695. The number of rotatable bonds is 7. The Kier molecular flexibility index (Phi) is 9.73. The van der Waals surface area contributed by atoms with E-state index in [4.69, 9.17) is 33.3 Å². The number of nitrogens with one attached hydrogen (secondary N) is 2. The molecule has 2 aromatic rings. The molecule has 0 bridgehead atoms. The fourth-order valence-corrected chi connectivity index (χ4v) is 4.57. The number of carbonyl (C=O) groups is 3. The van der Waals surface area contributed by atoms with Crippen molar-refractivity contribution in [3.8, 4) is 5.75 Å². The van der Waals surface area contributed by atoms with Gasteiger partial charge in [0.2, 0.25) is 5.91 Å². The number of nitrogens with zero attached hydrogens (tertiary/aromatic N) is 1. The molecular weight excluding hydrogens is 526 g/mol. The lowest BCUT2D eigenvalue weighted by Crippen LogP contribution is -2.48. The zero-order valence-electron chi connectivity index (χ0n) is 22.3.